The van der Waals surface area contributed by atoms with Gasteiger partial charge in [-0.15, -0.1) is 0 Å². The van der Waals surface area contributed by atoms with Gasteiger partial charge in [-0.2, -0.15) is 0 Å². The van der Waals surface area contributed by atoms with Crippen molar-refractivity contribution >= 4 is 43.5 Å². The van der Waals surface area contributed by atoms with Crippen LogP contribution < -0.4 is 14.4 Å². The van der Waals surface area contributed by atoms with E-state index >= 15 is 0 Å². The first-order valence-electron chi connectivity index (χ1n) is 12.4. The third kappa shape index (κ3) is 8.06. The zero-order valence-electron chi connectivity index (χ0n) is 22.7. The third-order valence-electron chi connectivity index (χ3n) is 5.90. The second-order valence-electron chi connectivity index (χ2n) is 10.1. The SMILES string of the molecule is COc1ccc(N(CC(=O)N(Cc2ccc(Br)cc2)[C@@H](C)C(=O)NC(C)(C)C)S(=O)(=O)c2ccccc2)cc1. The van der Waals surface area contributed by atoms with Crippen LogP contribution in [0, 0.1) is 0 Å². The first-order valence-corrected chi connectivity index (χ1v) is 14.6. The van der Waals surface area contributed by atoms with Crippen LogP contribution >= 0.6 is 15.9 Å². The average Bonchev–Trinajstić information content (AvgIpc) is 2.90. The van der Waals surface area contributed by atoms with Crippen LogP contribution in [0.1, 0.15) is 33.3 Å². The van der Waals surface area contributed by atoms with Crippen molar-refractivity contribution in [2.24, 2.45) is 0 Å². The molecule has 3 rings (SSSR count). The molecule has 2 amide bonds. The second-order valence-corrected chi connectivity index (χ2v) is 12.9. The van der Waals surface area contributed by atoms with E-state index < -0.39 is 34.1 Å². The molecule has 0 aromatic heterocycles. The summed E-state index contributed by atoms with van der Waals surface area (Å²) < 4.78 is 34.7. The molecule has 10 heteroatoms. The van der Waals surface area contributed by atoms with E-state index in [2.05, 4.69) is 21.2 Å². The number of hydrogen-bond acceptors (Lipinski definition) is 5. The number of amides is 2. The minimum Gasteiger partial charge on any atom is -0.497 e. The molecule has 8 nitrogen and oxygen atoms in total. The number of carbonyl (C=O) groups excluding carboxylic acids is 2. The highest BCUT2D eigenvalue weighted by Crippen LogP contribution is 2.26. The second kappa shape index (κ2) is 12.7. The molecule has 0 heterocycles. The molecule has 0 unspecified atom stereocenters. The van der Waals surface area contributed by atoms with E-state index in [1.165, 1.54) is 24.1 Å². The van der Waals surface area contributed by atoms with Crippen molar-refractivity contribution in [3.63, 3.8) is 0 Å². The fraction of sp³-hybridized carbons (Fsp3) is 0.310. The smallest absolute Gasteiger partial charge is 0.264 e. The van der Waals surface area contributed by atoms with Gasteiger partial charge in [-0.3, -0.25) is 13.9 Å². The Labute approximate surface area is 239 Å². The number of halogens is 1. The molecule has 0 saturated heterocycles. The van der Waals surface area contributed by atoms with Crippen LogP contribution in [0.15, 0.2) is 88.2 Å². The number of sulfonamides is 1. The number of carbonyl (C=O) groups is 2. The van der Waals surface area contributed by atoms with E-state index in [1.54, 1.807) is 49.4 Å². The van der Waals surface area contributed by atoms with Crippen LogP contribution in [0.25, 0.3) is 0 Å². The normalized spacial score (nSPS) is 12.4. The van der Waals surface area contributed by atoms with Gasteiger partial charge in [-0.1, -0.05) is 46.3 Å². The van der Waals surface area contributed by atoms with E-state index in [-0.39, 0.29) is 17.3 Å². The van der Waals surface area contributed by atoms with Crippen LogP contribution in [-0.4, -0.2) is 50.4 Å². The van der Waals surface area contributed by atoms with Gasteiger partial charge in [0.25, 0.3) is 10.0 Å². The predicted octanol–water partition coefficient (Wildman–Crippen LogP) is 4.99. The molecule has 1 atom stereocenters. The number of hydrogen-bond donors (Lipinski definition) is 1. The lowest BCUT2D eigenvalue weighted by molar-refractivity contribution is -0.140. The molecular weight excluding hydrogens is 582 g/mol. The Morgan fingerprint density at radius 3 is 2.08 bits per heavy atom. The molecule has 3 aromatic carbocycles. The van der Waals surface area contributed by atoms with E-state index in [0.717, 1.165) is 14.3 Å². The predicted molar refractivity (Wildman–Crippen MR) is 156 cm³/mol. The van der Waals surface area contributed by atoms with Gasteiger partial charge in [-0.05, 0) is 81.8 Å². The largest absolute Gasteiger partial charge is 0.497 e. The van der Waals surface area contributed by atoms with E-state index in [0.29, 0.717) is 11.4 Å². The lowest BCUT2D eigenvalue weighted by Crippen LogP contribution is -2.54. The van der Waals surface area contributed by atoms with Crippen molar-refractivity contribution < 1.29 is 22.7 Å². The van der Waals surface area contributed by atoms with Crippen LogP contribution in [0.4, 0.5) is 5.69 Å². The number of rotatable bonds is 10. The number of anilines is 1. The molecule has 0 aliphatic heterocycles. The summed E-state index contributed by atoms with van der Waals surface area (Å²) in [7, 11) is -2.60. The molecule has 0 aliphatic rings. The van der Waals surface area contributed by atoms with Gasteiger partial charge in [0, 0.05) is 16.6 Å². The monoisotopic (exact) mass is 615 g/mol. The molecule has 0 fully saturated rings. The first-order chi connectivity index (χ1) is 18.3. The summed E-state index contributed by atoms with van der Waals surface area (Å²) >= 11 is 3.41. The number of benzene rings is 3. The average molecular weight is 617 g/mol. The molecule has 0 radical (unpaired) electrons. The summed E-state index contributed by atoms with van der Waals surface area (Å²) in [6, 6.07) is 20.9. The Morgan fingerprint density at radius 1 is 0.949 bits per heavy atom. The molecule has 3 aromatic rings. The lowest BCUT2D eigenvalue weighted by atomic mass is 10.1. The molecule has 1 N–H and O–H groups in total. The molecular formula is C29H34BrN3O5S. The van der Waals surface area contributed by atoms with Crippen molar-refractivity contribution in [2.75, 3.05) is 18.0 Å². The zero-order chi connectivity index (χ0) is 28.8. The third-order valence-corrected chi connectivity index (χ3v) is 8.22. The number of nitrogens with zero attached hydrogens (tertiary/aromatic N) is 2. The Morgan fingerprint density at radius 2 is 1.54 bits per heavy atom. The van der Waals surface area contributed by atoms with Crippen molar-refractivity contribution in [1.82, 2.24) is 10.2 Å². The number of nitrogens with one attached hydrogen (secondary N) is 1. The highest BCUT2D eigenvalue weighted by Gasteiger charge is 2.33. The Bertz CT molecular complexity index is 1370. The molecule has 0 aliphatic carbocycles. The molecule has 0 bridgehead atoms. The van der Waals surface area contributed by atoms with Gasteiger partial charge < -0.3 is 15.0 Å². The minimum absolute atomic E-state index is 0.0478. The van der Waals surface area contributed by atoms with Gasteiger partial charge in [0.15, 0.2) is 0 Å². The maximum absolute atomic E-state index is 13.9. The summed E-state index contributed by atoms with van der Waals surface area (Å²) in [5, 5.41) is 2.92. The van der Waals surface area contributed by atoms with Gasteiger partial charge in [0.05, 0.1) is 17.7 Å². The fourth-order valence-corrected chi connectivity index (χ4v) is 5.54. The van der Waals surface area contributed by atoms with E-state index in [4.69, 9.17) is 4.74 Å². The zero-order valence-corrected chi connectivity index (χ0v) is 25.1. The van der Waals surface area contributed by atoms with Gasteiger partial charge in [0.2, 0.25) is 11.8 Å². The number of methoxy groups -OCH3 is 1. The highest BCUT2D eigenvalue weighted by atomic mass is 79.9. The summed E-state index contributed by atoms with van der Waals surface area (Å²) in [6.07, 6.45) is 0. The lowest BCUT2D eigenvalue weighted by Gasteiger charge is -2.33. The molecule has 0 spiro atoms. The van der Waals surface area contributed by atoms with Crippen LogP contribution in [-0.2, 0) is 26.2 Å². The number of ether oxygens (including phenoxy) is 1. The van der Waals surface area contributed by atoms with Gasteiger partial charge in [0.1, 0.15) is 18.3 Å². The van der Waals surface area contributed by atoms with E-state index in [9.17, 15) is 18.0 Å². The standard InChI is InChI=1S/C29H34BrN3O5S/c1-21(28(35)31-29(2,3)4)32(19-22-11-13-23(30)14-12-22)27(34)20-33(24-15-17-25(38-5)18-16-24)39(36,37)26-9-7-6-8-10-26/h6-18,21H,19-20H2,1-5H3,(H,31,35)/t21-/m0/s1. The molecule has 208 valence electrons. The van der Waals surface area contributed by atoms with Crippen LogP contribution in [0.2, 0.25) is 0 Å². The maximum atomic E-state index is 13.9. The Kier molecular flexibility index (Phi) is 9.79. The summed E-state index contributed by atoms with van der Waals surface area (Å²) in [5.74, 6) is -0.314. The van der Waals surface area contributed by atoms with Gasteiger partial charge >= 0.3 is 0 Å². The summed E-state index contributed by atoms with van der Waals surface area (Å²) in [4.78, 5) is 28.5. The minimum atomic E-state index is -4.12. The quantitative estimate of drug-likeness (QED) is 0.347. The fourth-order valence-electron chi connectivity index (χ4n) is 3.84. The molecule has 39 heavy (non-hydrogen) atoms. The first kappa shape index (κ1) is 30.2. The Balaban J connectivity index is 2.02. The van der Waals surface area contributed by atoms with Crippen molar-refractivity contribution in [3.05, 3.63) is 88.9 Å². The maximum Gasteiger partial charge on any atom is 0.264 e. The topological polar surface area (TPSA) is 96.0 Å². The van der Waals surface area contributed by atoms with E-state index in [1.807, 2.05) is 45.0 Å². The Hall–Kier alpha value is -3.37. The van der Waals surface area contributed by atoms with Crippen LogP contribution in [0.5, 0.6) is 5.75 Å². The summed E-state index contributed by atoms with van der Waals surface area (Å²) in [6.45, 7) is 6.82. The van der Waals surface area contributed by atoms with Crippen molar-refractivity contribution in [3.8, 4) is 5.75 Å². The van der Waals surface area contributed by atoms with Gasteiger partial charge in [-0.25, -0.2) is 8.42 Å². The summed E-state index contributed by atoms with van der Waals surface area (Å²) in [5.41, 5.74) is 0.580. The van der Waals surface area contributed by atoms with Crippen molar-refractivity contribution in [1.29, 1.82) is 0 Å². The van der Waals surface area contributed by atoms with Crippen LogP contribution in [0.3, 0.4) is 0 Å². The highest BCUT2D eigenvalue weighted by molar-refractivity contribution is 9.10. The van der Waals surface area contributed by atoms with Crippen molar-refractivity contribution in [2.45, 2.75) is 50.7 Å². The molecule has 0 saturated carbocycles.